The maximum absolute atomic E-state index is 12.2. The molecule has 18 heavy (non-hydrogen) atoms. The van der Waals surface area contributed by atoms with Crippen molar-refractivity contribution >= 4 is 21.6 Å². The van der Waals surface area contributed by atoms with Crippen molar-refractivity contribution in [2.75, 3.05) is 19.0 Å². The summed E-state index contributed by atoms with van der Waals surface area (Å²) in [6.45, 7) is 1.26. The predicted molar refractivity (Wildman–Crippen MR) is 74.1 cm³/mol. The fraction of sp³-hybridized carbons (Fsp3) is 0.538. The number of hydrogen-bond donors (Lipinski definition) is 0. The van der Waals surface area contributed by atoms with Gasteiger partial charge in [-0.15, -0.1) is 11.6 Å². The van der Waals surface area contributed by atoms with E-state index in [9.17, 15) is 8.42 Å². The molecule has 1 heterocycles. The Kier molecular flexibility index (Phi) is 4.65. The smallest absolute Gasteiger partial charge is 0.212 e. The minimum atomic E-state index is -3.17. The second-order valence-electron chi connectivity index (χ2n) is 4.73. The van der Waals surface area contributed by atoms with Crippen molar-refractivity contribution in [1.82, 2.24) is 4.31 Å². The minimum absolute atomic E-state index is 0.0986. The van der Waals surface area contributed by atoms with Crippen LogP contribution >= 0.6 is 11.6 Å². The fourth-order valence-corrected chi connectivity index (χ4v) is 4.24. The molecule has 1 unspecified atom stereocenters. The number of hydrogen-bond acceptors (Lipinski definition) is 2. The van der Waals surface area contributed by atoms with Crippen LogP contribution in [0.2, 0.25) is 0 Å². The lowest BCUT2D eigenvalue weighted by molar-refractivity contribution is 0.453. The average molecular weight is 288 g/mol. The van der Waals surface area contributed by atoms with Gasteiger partial charge in [-0.25, -0.2) is 12.7 Å². The highest BCUT2D eigenvalue weighted by atomic mass is 35.5. The molecule has 0 aliphatic carbocycles. The molecule has 1 aromatic rings. The highest BCUT2D eigenvalue weighted by molar-refractivity contribution is 7.88. The zero-order valence-electron chi connectivity index (χ0n) is 10.3. The summed E-state index contributed by atoms with van der Waals surface area (Å²) >= 11 is 5.71. The topological polar surface area (TPSA) is 37.4 Å². The highest BCUT2D eigenvalue weighted by Gasteiger charge is 2.30. The molecule has 1 aliphatic heterocycles. The first-order chi connectivity index (χ1) is 8.62. The highest BCUT2D eigenvalue weighted by Crippen LogP contribution is 2.24. The van der Waals surface area contributed by atoms with Crippen molar-refractivity contribution in [3.05, 3.63) is 35.9 Å². The molecule has 100 valence electrons. The van der Waals surface area contributed by atoms with Crippen LogP contribution in [-0.4, -0.2) is 31.7 Å². The van der Waals surface area contributed by atoms with E-state index in [-0.39, 0.29) is 5.75 Å². The number of nitrogens with zero attached hydrogens (tertiary/aromatic N) is 1. The van der Waals surface area contributed by atoms with E-state index in [1.807, 2.05) is 30.3 Å². The van der Waals surface area contributed by atoms with Gasteiger partial charge in [-0.1, -0.05) is 30.3 Å². The molecule has 1 aromatic carbocycles. The lowest BCUT2D eigenvalue weighted by atomic mass is 10.1. The van der Waals surface area contributed by atoms with Crippen molar-refractivity contribution in [3.63, 3.8) is 0 Å². The van der Waals surface area contributed by atoms with Gasteiger partial charge < -0.3 is 0 Å². The monoisotopic (exact) mass is 287 g/mol. The van der Waals surface area contributed by atoms with Gasteiger partial charge in [0.2, 0.25) is 10.0 Å². The summed E-state index contributed by atoms with van der Waals surface area (Å²) in [4.78, 5) is 0. The summed E-state index contributed by atoms with van der Waals surface area (Å²) in [5.74, 6) is 1.13. The summed E-state index contributed by atoms with van der Waals surface area (Å²) in [6, 6.07) is 9.33. The van der Waals surface area contributed by atoms with E-state index in [0.717, 1.165) is 18.4 Å². The van der Waals surface area contributed by atoms with Gasteiger partial charge in [-0.05, 0) is 24.3 Å². The van der Waals surface area contributed by atoms with Crippen LogP contribution in [0.3, 0.4) is 0 Å². The molecular formula is C13H18ClNO2S. The molecule has 1 fully saturated rings. The van der Waals surface area contributed by atoms with Gasteiger partial charge in [0.15, 0.2) is 0 Å². The summed E-state index contributed by atoms with van der Waals surface area (Å²) in [6.07, 6.45) is 1.83. The summed E-state index contributed by atoms with van der Waals surface area (Å²) < 4.78 is 26.1. The first-order valence-corrected chi connectivity index (χ1v) is 8.34. The van der Waals surface area contributed by atoms with Crippen LogP contribution in [0.15, 0.2) is 30.3 Å². The van der Waals surface area contributed by atoms with Crippen LogP contribution in [0.4, 0.5) is 0 Å². The third kappa shape index (κ3) is 3.46. The Balaban J connectivity index is 2.00. The molecule has 0 radical (unpaired) electrons. The fourth-order valence-electron chi connectivity index (χ4n) is 2.32. The van der Waals surface area contributed by atoms with E-state index in [1.165, 1.54) is 0 Å². The largest absolute Gasteiger partial charge is 0.218 e. The standard InChI is InChI=1S/C13H18ClNO2S/c14-8-6-12-7-9-15(10-12)18(16,17)11-13-4-2-1-3-5-13/h1-5,12H,6-11H2. The minimum Gasteiger partial charge on any atom is -0.212 e. The normalized spacial score (nSPS) is 21.3. The first kappa shape index (κ1) is 13.8. The molecule has 3 nitrogen and oxygen atoms in total. The van der Waals surface area contributed by atoms with Crippen LogP contribution in [0, 0.1) is 5.92 Å². The molecule has 0 N–H and O–H groups in total. The quantitative estimate of drug-likeness (QED) is 0.780. The Morgan fingerprint density at radius 3 is 2.67 bits per heavy atom. The van der Waals surface area contributed by atoms with E-state index >= 15 is 0 Å². The van der Waals surface area contributed by atoms with Gasteiger partial charge in [-0.3, -0.25) is 0 Å². The summed E-state index contributed by atoms with van der Waals surface area (Å²) in [5.41, 5.74) is 0.846. The van der Waals surface area contributed by atoms with Gasteiger partial charge in [-0.2, -0.15) is 0 Å². The number of alkyl halides is 1. The van der Waals surface area contributed by atoms with Crippen molar-refractivity contribution < 1.29 is 8.42 Å². The summed E-state index contributed by atoms with van der Waals surface area (Å²) in [5, 5.41) is 0. The molecule has 5 heteroatoms. The van der Waals surface area contributed by atoms with E-state index in [4.69, 9.17) is 11.6 Å². The van der Waals surface area contributed by atoms with Crippen LogP contribution in [0.1, 0.15) is 18.4 Å². The number of sulfonamides is 1. The van der Waals surface area contributed by atoms with Gasteiger partial charge >= 0.3 is 0 Å². The Hall–Kier alpha value is -0.580. The molecule has 2 rings (SSSR count). The van der Waals surface area contributed by atoms with E-state index < -0.39 is 10.0 Å². The van der Waals surface area contributed by atoms with Crippen molar-refractivity contribution in [1.29, 1.82) is 0 Å². The maximum Gasteiger partial charge on any atom is 0.218 e. The van der Waals surface area contributed by atoms with E-state index in [2.05, 4.69) is 0 Å². The first-order valence-electron chi connectivity index (χ1n) is 6.19. The number of benzene rings is 1. The van der Waals surface area contributed by atoms with Crippen LogP contribution in [0.25, 0.3) is 0 Å². The molecule has 0 bridgehead atoms. The van der Waals surface area contributed by atoms with Gasteiger partial charge in [0.05, 0.1) is 5.75 Å². The predicted octanol–water partition coefficient (Wildman–Crippen LogP) is 2.47. The SMILES string of the molecule is O=S(=O)(Cc1ccccc1)N1CCC(CCCl)C1. The third-order valence-corrected chi connectivity index (χ3v) is 5.39. The molecule has 0 aromatic heterocycles. The van der Waals surface area contributed by atoms with Crippen LogP contribution in [0.5, 0.6) is 0 Å². The lowest BCUT2D eigenvalue weighted by Crippen LogP contribution is -2.30. The lowest BCUT2D eigenvalue weighted by Gasteiger charge is -2.16. The van der Waals surface area contributed by atoms with Gasteiger partial charge in [0.1, 0.15) is 0 Å². The molecular weight excluding hydrogens is 270 g/mol. The molecule has 0 amide bonds. The molecule has 0 spiro atoms. The zero-order chi connectivity index (χ0) is 13.0. The summed E-state index contributed by atoms with van der Waals surface area (Å²) in [7, 11) is -3.17. The van der Waals surface area contributed by atoms with Crippen molar-refractivity contribution in [3.8, 4) is 0 Å². The maximum atomic E-state index is 12.2. The van der Waals surface area contributed by atoms with E-state index in [1.54, 1.807) is 4.31 Å². The van der Waals surface area contributed by atoms with E-state index in [0.29, 0.717) is 24.9 Å². The van der Waals surface area contributed by atoms with Crippen molar-refractivity contribution in [2.24, 2.45) is 5.92 Å². The van der Waals surface area contributed by atoms with Gasteiger partial charge in [0.25, 0.3) is 0 Å². The number of rotatable bonds is 5. The zero-order valence-corrected chi connectivity index (χ0v) is 11.8. The molecule has 1 aliphatic rings. The number of halogens is 1. The molecule has 0 saturated carbocycles. The van der Waals surface area contributed by atoms with Crippen LogP contribution < -0.4 is 0 Å². The van der Waals surface area contributed by atoms with Crippen LogP contribution in [-0.2, 0) is 15.8 Å². The second kappa shape index (κ2) is 6.04. The third-order valence-electron chi connectivity index (χ3n) is 3.35. The molecule has 1 atom stereocenters. The average Bonchev–Trinajstić information content (AvgIpc) is 2.80. The Morgan fingerprint density at radius 2 is 2.00 bits per heavy atom. The Bertz CT molecular complexity index is 475. The van der Waals surface area contributed by atoms with Gasteiger partial charge in [0, 0.05) is 19.0 Å². The van der Waals surface area contributed by atoms with Crippen molar-refractivity contribution in [2.45, 2.75) is 18.6 Å². The Morgan fingerprint density at radius 1 is 1.28 bits per heavy atom. The Labute approximate surface area is 114 Å². The molecule has 1 saturated heterocycles. The second-order valence-corrected chi connectivity index (χ2v) is 7.08.